The van der Waals surface area contributed by atoms with E-state index in [2.05, 4.69) is 25.8 Å². The number of rotatable bonds is 2. The average molecular weight is 425 g/mol. The maximum Gasteiger partial charge on any atom is 0.490 e. The van der Waals surface area contributed by atoms with Crippen LogP contribution < -0.4 is 4.90 Å². The molecule has 3 rings (SSSR count). The number of aromatic nitrogens is 1. The number of hydrogen-bond acceptors (Lipinski definition) is 4. The second-order valence-electron chi connectivity index (χ2n) is 5.99. The highest BCUT2D eigenvalue weighted by Gasteiger charge is 2.38. The Bertz CT molecular complexity index is 657. The van der Waals surface area contributed by atoms with Crippen LogP contribution in [0.4, 0.5) is 19.0 Å². The molecule has 1 aliphatic heterocycles. The lowest BCUT2D eigenvalue weighted by Crippen LogP contribution is -2.22. The minimum atomic E-state index is -5.08. The molecule has 2 N–H and O–H groups in total. The number of carboxylic acids is 2. The molecule has 0 bridgehead atoms. The third-order valence-corrected chi connectivity index (χ3v) is 5.02. The first-order chi connectivity index (χ1) is 11.6. The van der Waals surface area contributed by atoms with Crippen LogP contribution in [-0.2, 0) is 4.79 Å². The molecule has 2 heterocycles. The summed E-state index contributed by atoms with van der Waals surface area (Å²) in [6.07, 6.45) is 0.374. The lowest BCUT2D eigenvalue weighted by Gasteiger charge is -2.18. The third-order valence-electron chi connectivity index (χ3n) is 4.36. The summed E-state index contributed by atoms with van der Waals surface area (Å²) >= 11 is 3.31. The molecule has 2 atom stereocenters. The fraction of sp³-hybridized carbons (Fsp3) is 0.533. The zero-order valence-corrected chi connectivity index (χ0v) is 14.5. The molecule has 1 aliphatic carbocycles. The summed E-state index contributed by atoms with van der Waals surface area (Å²) < 4.78 is 32.3. The molecule has 0 radical (unpaired) electrons. The molecule has 10 heteroatoms. The van der Waals surface area contributed by atoms with E-state index in [0.29, 0.717) is 4.47 Å². The van der Waals surface area contributed by atoms with Crippen LogP contribution in [0.25, 0.3) is 0 Å². The fourth-order valence-electron chi connectivity index (χ4n) is 3.17. The van der Waals surface area contributed by atoms with Gasteiger partial charge in [0, 0.05) is 23.8 Å². The van der Waals surface area contributed by atoms with Gasteiger partial charge in [0.1, 0.15) is 5.82 Å². The number of carbonyl (C=O) groups is 2. The standard InChI is InChI=1S/C13H15BrN2O2.C2HF3O2/c14-11-4-12(15-5-10(11)13(17)18)16-6-8-2-1-3-9(8)7-16;3-2(4,5)1(6)7/h4-5,8-9H,1-3,6-7H2,(H,17,18);(H,6,7)/t8-,9+;. The van der Waals surface area contributed by atoms with Gasteiger partial charge in [0.25, 0.3) is 0 Å². The lowest BCUT2D eigenvalue weighted by molar-refractivity contribution is -0.192. The quantitative estimate of drug-likeness (QED) is 0.755. The van der Waals surface area contributed by atoms with Crippen LogP contribution in [0.3, 0.4) is 0 Å². The molecule has 2 fully saturated rings. The van der Waals surface area contributed by atoms with Gasteiger partial charge in [-0.25, -0.2) is 14.6 Å². The van der Waals surface area contributed by atoms with Crippen LogP contribution in [0.2, 0.25) is 0 Å². The van der Waals surface area contributed by atoms with Gasteiger partial charge in [0.15, 0.2) is 0 Å². The summed E-state index contributed by atoms with van der Waals surface area (Å²) in [5.41, 5.74) is 0.221. The monoisotopic (exact) mass is 424 g/mol. The van der Waals surface area contributed by atoms with E-state index in [0.717, 1.165) is 30.7 Å². The molecule has 1 aromatic heterocycles. The molecule has 1 saturated heterocycles. The van der Waals surface area contributed by atoms with Crippen molar-refractivity contribution in [2.75, 3.05) is 18.0 Å². The van der Waals surface area contributed by atoms with Crippen LogP contribution in [-0.4, -0.2) is 46.4 Å². The molecule has 0 spiro atoms. The predicted octanol–water partition coefficient (Wildman–Crippen LogP) is 3.41. The van der Waals surface area contributed by atoms with E-state index in [9.17, 15) is 18.0 Å². The van der Waals surface area contributed by atoms with Crippen LogP contribution >= 0.6 is 15.9 Å². The lowest BCUT2D eigenvalue weighted by atomic mass is 10.0. The molecule has 0 amide bonds. The topological polar surface area (TPSA) is 90.7 Å². The van der Waals surface area contributed by atoms with Gasteiger partial charge in [-0.3, -0.25) is 0 Å². The minimum Gasteiger partial charge on any atom is -0.478 e. The van der Waals surface area contributed by atoms with E-state index in [1.807, 2.05) is 6.07 Å². The smallest absolute Gasteiger partial charge is 0.478 e. The van der Waals surface area contributed by atoms with Crippen LogP contribution in [0.5, 0.6) is 0 Å². The van der Waals surface area contributed by atoms with E-state index in [1.54, 1.807) is 0 Å². The van der Waals surface area contributed by atoms with Gasteiger partial charge in [-0.2, -0.15) is 13.2 Å². The van der Waals surface area contributed by atoms with Crippen molar-refractivity contribution < 1.29 is 33.0 Å². The maximum absolute atomic E-state index is 10.9. The molecule has 1 aromatic rings. The Morgan fingerprint density at radius 2 is 1.72 bits per heavy atom. The number of fused-ring (bicyclic) bond motifs is 1. The summed E-state index contributed by atoms with van der Waals surface area (Å²) in [6.45, 7) is 2.13. The van der Waals surface area contributed by atoms with Crippen LogP contribution in [0.1, 0.15) is 29.6 Å². The Kier molecular flexibility index (Phi) is 5.91. The number of carboxylic acid groups (broad SMARTS) is 2. The second-order valence-corrected chi connectivity index (χ2v) is 6.84. The van der Waals surface area contributed by atoms with E-state index < -0.39 is 18.1 Å². The first-order valence-corrected chi connectivity index (χ1v) is 8.32. The highest BCUT2D eigenvalue weighted by Crippen LogP contribution is 2.39. The van der Waals surface area contributed by atoms with Crippen molar-refractivity contribution in [3.8, 4) is 0 Å². The number of aliphatic carboxylic acids is 1. The number of halogens is 4. The van der Waals surface area contributed by atoms with Crippen molar-refractivity contribution in [2.24, 2.45) is 11.8 Å². The van der Waals surface area contributed by atoms with E-state index in [4.69, 9.17) is 15.0 Å². The fourth-order valence-corrected chi connectivity index (χ4v) is 3.65. The first-order valence-electron chi connectivity index (χ1n) is 7.53. The summed E-state index contributed by atoms with van der Waals surface area (Å²) in [6, 6.07) is 1.82. The average Bonchev–Trinajstić information content (AvgIpc) is 3.07. The minimum absolute atomic E-state index is 0.221. The van der Waals surface area contributed by atoms with E-state index in [-0.39, 0.29) is 5.56 Å². The molecular formula is C15H16BrF3N2O4. The normalized spacial score (nSPS) is 22.2. The molecule has 0 unspecified atom stereocenters. The van der Waals surface area contributed by atoms with E-state index in [1.165, 1.54) is 25.5 Å². The Labute approximate surface area is 149 Å². The third kappa shape index (κ3) is 4.83. The van der Waals surface area contributed by atoms with Gasteiger partial charge in [-0.05, 0) is 46.7 Å². The van der Waals surface area contributed by atoms with Crippen molar-refractivity contribution in [3.05, 3.63) is 22.3 Å². The Balaban J connectivity index is 0.000000277. The summed E-state index contributed by atoms with van der Waals surface area (Å²) in [5, 5.41) is 16.1. The van der Waals surface area contributed by atoms with Crippen molar-refractivity contribution in [1.82, 2.24) is 4.98 Å². The molecule has 138 valence electrons. The number of pyridine rings is 1. The highest BCUT2D eigenvalue weighted by molar-refractivity contribution is 9.10. The van der Waals surface area contributed by atoms with Gasteiger partial charge in [0.05, 0.1) is 5.56 Å². The molecule has 2 aliphatic rings. The van der Waals surface area contributed by atoms with Gasteiger partial charge >= 0.3 is 18.1 Å². The first kappa shape index (κ1) is 19.5. The molecule has 0 aromatic carbocycles. The van der Waals surface area contributed by atoms with E-state index >= 15 is 0 Å². The van der Waals surface area contributed by atoms with Crippen molar-refractivity contribution >= 4 is 33.7 Å². The van der Waals surface area contributed by atoms with Gasteiger partial charge < -0.3 is 15.1 Å². The number of aromatic carboxylic acids is 1. The molecule has 6 nitrogen and oxygen atoms in total. The summed E-state index contributed by atoms with van der Waals surface area (Å²) in [5.74, 6) is -1.19. The number of alkyl halides is 3. The largest absolute Gasteiger partial charge is 0.490 e. The van der Waals surface area contributed by atoms with Crippen LogP contribution in [0, 0.1) is 11.8 Å². The molecule has 25 heavy (non-hydrogen) atoms. The zero-order valence-electron chi connectivity index (χ0n) is 13.0. The van der Waals surface area contributed by atoms with Gasteiger partial charge in [0.2, 0.25) is 0 Å². The number of hydrogen-bond donors (Lipinski definition) is 2. The zero-order chi connectivity index (χ0) is 18.8. The van der Waals surface area contributed by atoms with Gasteiger partial charge in [-0.15, -0.1) is 0 Å². The Hall–Kier alpha value is -1.84. The maximum atomic E-state index is 10.9. The van der Waals surface area contributed by atoms with Gasteiger partial charge in [-0.1, -0.05) is 6.42 Å². The van der Waals surface area contributed by atoms with Crippen LogP contribution in [0.15, 0.2) is 16.7 Å². The predicted molar refractivity (Wildman–Crippen MR) is 85.6 cm³/mol. The summed E-state index contributed by atoms with van der Waals surface area (Å²) in [4.78, 5) is 26.4. The highest BCUT2D eigenvalue weighted by atomic mass is 79.9. The van der Waals surface area contributed by atoms with Crippen molar-refractivity contribution in [1.29, 1.82) is 0 Å². The Morgan fingerprint density at radius 3 is 2.12 bits per heavy atom. The second kappa shape index (κ2) is 7.59. The summed E-state index contributed by atoms with van der Waals surface area (Å²) in [7, 11) is 0. The molecule has 1 saturated carbocycles. The Morgan fingerprint density at radius 1 is 1.20 bits per heavy atom. The number of anilines is 1. The van der Waals surface area contributed by atoms with Crippen molar-refractivity contribution in [2.45, 2.75) is 25.4 Å². The SMILES string of the molecule is O=C(O)C(F)(F)F.O=C(O)c1cnc(N2C[C@H]3CCC[C@H]3C2)cc1Br. The number of nitrogens with zero attached hydrogens (tertiary/aromatic N) is 2. The molecular weight excluding hydrogens is 409 g/mol. The van der Waals surface area contributed by atoms with Crippen molar-refractivity contribution in [3.63, 3.8) is 0 Å².